The number of likely N-dealkylation sites (tertiary alicyclic amines) is 1. The molecule has 210 valence electrons. The van der Waals surface area contributed by atoms with Crippen molar-refractivity contribution in [2.24, 2.45) is 0 Å². The Morgan fingerprint density at radius 1 is 0.895 bits per heavy atom. The number of rotatable bonds is 9. The molecule has 0 amide bonds. The summed E-state index contributed by atoms with van der Waals surface area (Å²) in [5, 5.41) is 0. The molecular weight excluding hydrogens is 521 g/mol. The van der Waals surface area contributed by atoms with E-state index in [1.165, 1.54) is 26.4 Å². The highest BCUT2D eigenvalue weighted by atomic mass is 32.2. The number of para-hydroxylation sites is 1. The number of halogens is 3. The van der Waals surface area contributed by atoms with E-state index in [-0.39, 0.29) is 16.9 Å². The van der Waals surface area contributed by atoms with E-state index in [4.69, 9.17) is 14.2 Å². The number of piperidine rings is 1. The second-order valence-corrected chi connectivity index (χ2v) is 11.6. The number of ether oxygens (including phenoxy) is 3. The first-order chi connectivity index (χ1) is 18.1. The molecule has 2 aromatic carbocycles. The minimum Gasteiger partial charge on any atom is -0.493 e. The van der Waals surface area contributed by atoms with Crippen LogP contribution < -0.4 is 18.9 Å². The van der Waals surface area contributed by atoms with Gasteiger partial charge in [0.2, 0.25) is 10.0 Å². The fourth-order valence-corrected chi connectivity index (χ4v) is 6.83. The molecule has 11 heteroatoms. The van der Waals surface area contributed by atoms with Gasteiger partial charge < -0.3 is 19.1 Å². The zero-order chi connectivity index (χ0) is 27.3. The standard InChI is InChI=1S/C27H35F3N2O5S/c1-35-25-12-11-22(17-26(25)36-2)38(33,34)31-20-7-9-21(10-8-20)32-15-13-19(14-16-32)23-5-3-4-6-24(23)37-18-27(28,29)30/h3-6,11-12,17,19-21,31H,7-10,13-16,18H2,1-2H3/t20-,21-. The third-order valence-corrected chi connectivity index (χ3v) is 9.00. The predicted molar refractivity (Wildman–Crippen MR) is 137 cm³/mol. The largest absolute Gasteiger partial charge is 0.493 e. The van der Waals surface area contributed by atoms with Crippen molar-refractivity contribution >= 4 is 10.0 Å². The maximum atomic E-state index is 13.0. The van der Waals surface area contributed by atoms with Gasteiger partial charge in [0.25, 0.3) is 0 Å². The first-order valence-corrected chi connectivity index (χ1v) is 14.3. The number of hydrogen-bond acceptors (Lipinski definition) is 6. The highest BCUT2D eigenvalue weighted by molar-refractivity contribution is 7.89. The number of sulfonamides is 1. The number of alkyl halides is 3. The second kappa shape index (κ2) is 12.1. The molecule has 4 rings (SSSR count). The third kappa shape index (κ3) is 7.12. The van der Waals surface area contributed by atoms with E-state index >= 15 is 0 Å². The zero-order valence-electron chi connectivity index (χ0n) is 21.7. The van der Waals surface area contributed by atoms with E-state index in [1.807, 2.05) is 12.1 Å². The number of benzene rings is 2. The molecule has 0 unspecified atom stereocenters. The summed E-state index contributed by atoms with van der Waals surface area (Å²) in [5.74, 6) is 1.29. The summed E-state index contributed by atoms with van der Waals surface area (Å²) >= 11 is 0. The lowest BCUT2D eigenvalue weighted by Gasteiger charge is -2.41. The molecule has 1 N–H and O–H groups in total. The average Bonchev–Trinajstić information content (AvgIpc) is 2.91. The Morgan fingerprint density at radius 2 is 1.55 bits per heavy atom. The van der Waals surface area contributed by atoms with Gasteiger partial charge in [-0.2, -0.15) is 13.2 Å². The zero-order valence-corrected chi connectivity index (χ0v) is 22.5. The van der Waals surface area contributed by atoms with E-state index < -0.39 is 22.8 Å². The van der Waals surface area contributed by atoms with Gasteiger partial charge in [0.05, 0.1) is 19.1 Å². The summed E-state index contributed by atoms with van der Waals surface area (Å²) < 4.78 is 82.3. The third-order valence-electron chi connectivity index (χ3n) is 7.48. The first-order valence-electron chi connectivity index (χ1n) is 12.9. The molecule has 0 aromatic heterocycles. The van der Waals surface area contributed by atoms with Crippen LogP contribution >= 0.6 is 0 Å². The molecule has 1 saturated heterocycles. The van der Waals surface area contributed by atoms with E-state index in [0.717, 1.165) is 57.2 Å². The molecule has 0 bridgehead atoms. The molecule has 0 atom stereocenters. The molecule has 2 aliphatic rings. The molecule has 2 aromatic rings. The number of nitrogens with zero attached hydrogens (tertiary/aromatic N) is 1. The van der Waals surface area contributed by atoms with Crippen molar-refractivity contribution in [3.8, 4) is 17.2 Å². The lowest BCUT2D eigenvalue weighted by atomic mass is 9.85. The van der Waals surface area contributed by atoms with Gasteiger partial charge in [0.15, 0.2) is 18.1 Å². The van der Waals surface area contributed by atoms with Crippen molar-refractivity contribution in [2.75, 3.05) is 33.9 Å². The highest BCUT2D eigenvalue weighted by Crippen LogP contribution is 2.37. The Hall–Kier alpha value is -2.50. The summed E-state index contributed by atoms with van der Waals surface area (Å²) in [7, 11) is -0.736. The summed E-state index contributed by atoms with van der Waals surface area (Å²) in [6.07, 6.45) is 0.572. The van der Waals surface area contributed by atoms with Crippen molar-refractivity contribution in [1.82, 2.24) is 9.62 Å². The van der Waals surface area contributed by atoms with Crippen LogP contribution in [0.4, 0.5) is 13.2 Å². The molecule has 1 saturated carbocycles. The van der Waals surface area contributed by atoms with Gasteiger partial charge in [-0.3, -0.25) is 0 Å². The molecule has 1 heterocycles. The minimum absolute atomic E-state index is 0.138. The maximum absolute atomic E-state index is 13.0. The second-order valence-electron chi connectivity index (χ2n) is 9.90. The number of methoxy groups -OCH3 is 2. The molecule has 0 spiro atoms. The van der Waals surface area contributed by atoms with Crippen LogP contribution in [-0.2, 0) is 10.0 Å². The van der Waals surface area contributed by atoms with Crippen LogP contribution in [0, 0.1) is 0 Å². The molecule has 1 aliphatic carbocycles. The van der Waals surface area contributed by atoms with Gasteiger partial charge in [-0.15, -0.1) is 0 Å². The Labute approximate surface area is 222 Å². The molecule has 38 heavy (non-hydrogen) atoms. The lowest BCUT2D eigenvalue weighted by molar-refractivity contribution is -0.153. The van der Waals surface area contributed by atoms with Crippen LogP contribution in [0.3, 0.4) is 0 Å². The monoisotopic (exact) mass is 556 g/mol. The Morgan fingerprint density at radius 3 is 2.18 bits per heavy atom. The van der Waals surface area contributed by atoms with Crippen LogP contribution in [0.1, 0.15) is 50.0 Å². The first kappa shape index (κ1) is 28.5. The molecule has 1 aliphatic heterocycles. The SMILES string of the molecule is COc1ccc(S(=O)(=O)N[C@H]2CC[C@H](N3CCC(c4ccccc4OCC(F)(F)F)CC3)CC2)cc1OC. The quantitative estimate of drug-likeness (QED) is 0.463. The van der Waals surface area contributed by atoms with E-state index in [9.17, 15) is 21.6 Å². The maximum Gasteiger partial charge on any atom is 0.422 e. The molecule has 0 radical (unpaired) electrons. The van der Waals surface area contributed by atoms with E-state index in [0.29, 0.717) is 23.3 Å². The van der Waals surface area contributed by atoms with Gasteiger partial charge in [-0.1, -0.05) is 18.2 Å². The average molecular weight is 557 g/mol. The summed E-state index contributed by atoms with van der Waals surface area (Å²) in [4.78, 5) is 2.58. The Bertz CT molecular complexity index is 1180. The smallest absolute Gasteiger partial charge is 0.422 e. The van der Waals surface area contributed by atoms with Gasteiger partial charge in [0.1, 0.15) is 5.75 Å². The normalized spacial score (nSPS) is 21.7. The fourth-order valence-electron chi connectivity index (χ4n) is 5.51. The van der Waals surface area contributed by atoms with Gasteiger partial charge in [-0.05, 0) is 81.3 Å². The van der Waals surface area contributed by atoms with Crippen LogP contribution in [0.25, 0.3) is 0 Å². The van der Waals surface area contributed by atoms with Gasteiger partial charge in [0, 0.05) is 18.2 Å². The Kier molecular flexibility index (Phi) is 9.10. The fraction of sp³-hybridized carbons (Fsp3) is 0.556. The number of hydrogen-bond donors (Lipinski definition) is 1. The van der Waals surface area contributed by atoms with Gasteiger partial charge >= 0.3 is 6.18 Å². The molecule has 7 nitrogen and oxygen atoms in total. The summed E-state index contributed by atoms with van der Waals surface area (Å²) in [6, 6.07) is 11.8. The van der Waals surface area contributed by atoms with E-state index in [2.05, 4.69) is 9.62 Å². The van der Waals surface area contributed by atoms with Crippen LogP contribution in [0.15, 0.2) is 47.4 Å². The highest BCUT2D eigenvalue weighted by Gasteiger charge is 2.33. The van der Waals surface area contributed by atoms with Crippen molar-refractivity contribution < 1.29 is 35.8 Å². The van der Waals surface area contributed by atoms with Crippen molar-refractivity contribution in [1.29, 1.82) is 0 Å². The lowest BCUT2D eigenvalue weighted by Crippen LogP contribution is -2.46. The number of nitrogens with one attached hydrogen (secondary N) is 1. The Balaban J connectivity index is 1.28. The van der Waals surface area contributed by atoms with Crippen LogP contribution in [-0.4, -0.2) is 65.5 Å². The molecule has 2 fully saturated rings. The molecular formula is C27H35F3N2O5S. The predicted octanol–water partition coefficient (Wildman–Crippen LogP) is 5.11. The van der Waals surface area contributed by atoms with Crippen molar-refractivity contribution in [2.45, 2.75) is 67.6 Å². The summed E-state index contributed by atoms with van der Waals surface area (Å²) in [6.45, 7) is 0.414. The van der Waals surface area contributed by atoms with Gasteiger partial charge in [-0.25, -0.2) is 13.1 Å². The van der Waals surface area contributed by atoms with Crippen molar-refractivity contribution in [3.63, 3.8) is 0 Å². The van der Waals surface area contributed by atoms with Crippen molar-refractivity contribution in [3.05, 3.63) is 48.0 Å². The summed E-state index contributed by atoms with van der Waals surface area (Å²) in [5.41, 5.74) is 0.838. The topological polar surface area (TPSA) is 77.1 Å². The van der Waals surface area contributed by atoms with E-state index in [1.54, 1.807) is 18.2 Å². The van der Waals surface area contributed by atoms with Crippen LogP contribution in [0.5, 0.6) is 17.2 Å². The minimum atomic E-state index is -4.37. The van der Waals surface area contributed by atoms with Crippen LogP contribution in [0.2, 0.25) is 0 Å².